The summed E-state index contributed by atoms with van der Waals surface area (Å²) < 4.78 is 16.1. The van der Waals surface area contributed by atoms with Gasteiger partial charge in [-0.05, 0) is 36.4 Å². The van der Waals surface area contributed by atoms with Crippen molar-refractivity contribution in [2.45, 2.75) is 0 Å². The maximum atomic E-state index is 12.6. The van der Waals surface area contributed by atoms with Crippen LogP contribution in [0.4, 0.5) is 5.69 Å². The number of carbonyl (C=O) groups is 2. The Labute approximate surface area is 189 Å². The topological polar surface area (TPSA) is 129 Å². The van der Waals surface area contributed by atoms with Crippen LogP contribution in [-0.2, 0) is 0 Å². The number of ether oxygens (including phenoxy) is 3. The van der Waals surface area contributed by atoms with Crippen LogP contribution in [0.25, 0.3) is 0 Å². The highest BCUT2D eigenvalue weighted by molar-refractivity contribution is 6.00. The van der Waals surface area contributed by atoms with Gasteiger partial charge in [0.05, 0.1) is 17.6 Å². The van der Waals surface area contributed by atoms with Gasteiger partial charge in [-0.1, -0.05) is 30.3 Å². The Morgan fingerprint density at radius 2 is 1.52 bits per heavy atom. The number of methoxy groups -OCH3 is 1. The second kappa shape index (κ2) is 11.1. The molecule has 0 unspecified atom stereocenters. The molecule has 10 nitrogen and oxygen atoms in total. The second-order valence-electron chi connectivity index (χ2n) is 6.56. The average molecular weight is 451 g/mol. The molecular weight excluding hydrogens is 430 g/mol. The van der Waals surface area contributed by atoms with Gasteiger partial charge in [0.2, 0.25) is 0 Å². The van der Waals surface area contributed by atoms with Crippen molar-refractivity contribution in [2.75, 3.05) is 20.3 Å². The molecule has 3 rings (SSSR count). The highest BCUT2D eigenvalue weighted by atomic mass is 16.6. The summed E-state index contributed by atoms with van der Waals surface area (Å²) in [5.41, 5.74) is 4.32. The van der Waals surface area contributed by atoms with Crippen molar-refractivity contribution >= 4 is 17.5 Å². The zero-order valence-electron chi connectivity index (χ0n) is 17.6. The van der Waals surface area contributed by atoms with Crippen LogP contribution in [0.15, 0.2) is 72.8 Å². The number of benzene rings is 3. The van der Waals surface area contributed by atoms with E-state index in [1.165, 1.54) is 25.3 Å². The number of nitro benzene ring substituents is 1. The quantitative estimate of drug-likeness (QED) is 0.290. The zero-order valence-corrected chi connectivity index (χ0v) is 17.6. The van der Waals surface area contributed by atoms with Crippen molar-refractivity contribution in [1.29, 1.82) is 0 Å². The number of rotatable bonds is 9. The third kappa shape index (κ3) is 6.20. The largest absolute Gasteiger partial charge is 0.490 e. The smallest absolute Gasteiger partial charge is 0.311 e. The van der Waals surface area contributed by atoms with Crippen molar-refractivity contribution in [1.82, 2.24) is 10.9 Å². The number of nitro groups is 1. The van der Waals surface area contributed by atoms with Gasteiger partial charge in [0.25, 0.3) is 11.8 Å². The number of amides is 2. The first-order chi connectivity index (χ1) is 16.0. The molecule has 0 saturated carbocycles. The Balaban J connectivity index is 1.57. The number of para-hydroxylation sites is 2. The summed E-state index contributed by atoms with van der Waals surface area (Å²) in [6.07, 6.45) is 0. The van der Waals surface area contributed by atoms with Gasteiger partial charge in [0, 0.05) is 11.6 Å². The van der Waals surface area contributed by atoms with E-state index >= 15 is 0 Å². The minimum absolute atomic E-state index is 0.0166. The monoisotopic (exact) mass is 451 g/mol. The van der Waals surface area contributed by atoms with Crippen LogP contribution in [0.2, 0.25) is 0 Å². The molecule has 0 aliphatic rings. The van der Waals surface area contributed by atoms with Crippen LogP contribution in [0.5, 0.6) is 17.2 Å². The predicted molar refractivity (Wildman–Crippen MR) is 118 cm³/mol. The lowest BCUT2D eigenvalue weighted by atomic mass is 10.1. The van der Waals surface area contributed by atoms with Crippen LogP contribution in [-0.4, -0.2) is 37.1 Å². The molecule has 0 aliphatic heterocycles. The molecular formula is C23H21N3O7. The minimum Gasteiger partial charge on any atom is -0.490 e. The van der Waals surface area contributed by atoms with Crippen molar-refractivity contribution in [2.24, 2.45) is 0 Å². The van der Waals surface area contributed by atoms with Gasteiger partial charge < -0.3 is 14.2 Å². The lowest BCUT2D eigenvalue weighted by Crippen LogP contribution is -2.41. The Hall–Kier alpha value is -4.60. The summed E-state index contributed by atoms with van der Waals surface area (Å²) >= 11 is 0. The fraction of sp³-hybridized carbons (Fsp3) is 0.130. The van der Waals surface area contributed by atoms with Crippen LogP contribution >= 0.6 is 0 Å². The van der Waals surface area contributed by atoms with Gasteiger partial charge >= 0.3 is 5.69 Å². The number of hydrazine groups is 1. The second-order valence-corrected chi connectivity index (χ2v) is 6.56. The van der Waals surface area contributed by atoms with Gasteiger partial charge in [-0.15, -0.1) is 0 Å². The Morgan fingerprint density at radius 1 is 0.848 bits per heavy atom. The third-order valence-electron chi connectivity index (χ3n) is 4.41. The first-order valence-corrected chi connectivity index (χ1v) is 9.82. The molecule has 0 bridgehead atoms. The maximum absolute atomic E-state index is 12.6. The summed E-state index contributed by atoms with van der Waals surface area (Å²) in [5.74, 6) is -0.327. The molecule has 0 fully saturated rings. The van der Waals surface area contributed by atoms with E-state index in [2.05, 4.69) is 10.9 Å². The van der Waals surface area contributed by atoms with Gasteiger partial charge in [-0.25, -0.2) is 0 Å². The summed E-state index contributed by atoms with van der Waals surface area (Å²) in [6, 6.07) is 19.4. The lowest BCUT2D eigenvalue weighted by Gasteiger charge is -2.13. The van der Waals surface area contributed by atoms with Gasteiger partial charge in [-0.2, -0.15) is 0 Å². The summed E-state index contributed by atoms with van der Waals surface area (Å²) in [6.45, 7) is 0.466. The van der Waals surface area contributed by atoms with E-state index in [-0.39, 0.29) is 35.8 Å². The maximum Gasteiger partial charge on any atom is 0.311 e. The van der Waals surface area contributed by atoms with E-state index in [9.17, 15) is 19.7 Å². The first-order valence-electron chi connectivity index (χ1n) is 9.82. The summed E-state index contributed by atoms with van der Waals surface area (Å²) in [4.78, 5) is 35.4. The highest BCUT2D eigenvalue weighted by Gasteiger charge is 2.19. The van der Waals surface area contributed by atoms with Crippen LogP contribution in [0.1, 0.15) is 20.7 Å². The third-order valence-corrected chi connectivity index (χ3v) is 4.41. The lowest BCUT2D eigenvalue weighted by molar-refractivity contribution is -0.385. The minimum atomic E-state index is -0.733. The summed E-state index contributed by atoms with van der Waals surface area (Å²) in [7, 11) is 1.29. The molecule has 0 radical (unpaired) electrons. The van der Waals surface area contributed by atoms with Crippen LogP contribution in [0.3, 0.4) is 0 Å². The fourth-order valence-electron chi connectivity index (χ4n) is 2.83. The number of hydrogen-bond acceptors (Lipinski definition) is 7. The van der Waals surface area contributed by atoms with E-state index in [1.54, 1.807) is 18.2 Å². The molecule has 0 spiro atoms. The molecule has 2 amide bonds. The van der Waals surface area contributed by atoms with E-state index in [4.69, 9.17) is 14.2 Å². The Kier molecular flexibility index (Phi) is 7.79. The molecule has 10 heteroatoms. The Bertz CT molecular complexity index is 1140. The van der Waals surface area contributed by atoms with E-state index in [1.807, 2.05) is 30.3 Å². The van der Waals surface area contributed by atoms with Gasteiger partial charge in [0.15, 0.2) is 5.75 Å². The van der Waals surface area contributed by atoms with Crippen molar-refractivity contribution in [3.63, 3.8) is 0 Å². The standard InChI is InChI=1S/C23H21N3O7/c1-31-21-12-11-16(15-19(21)26(29)30)22(27)24-25-23(28)18-9-5-6-10-20(18)33-14-13-32-17-7-3-2-4-8-17/h2-12,15H,13-14H2,1H3,(H,24,27)(H,25,28). The van der Waals surface area contributed by atoms with Crippen LogP contribution in [0, 0.1) is 10.1 Å². The molecule has 3 aromatic rings. The number of nitrogens with one attached hydrogen (secondary N) is 2. The molecule has 33 heavy (non-hydrogen) atoms. The molecule has 3 aromatic carbocycles. The van der Waals surface area contributed by atoms with Gasteiger partial charge in [0.1, 0.15) is 24.7 Å². The number of carbonyl (C=O) groups excluding carboxylic acids is 2. The normalized spacial score (nSPS) is 10.1. The van der Waals surface area contributed by atoms with E-state index in [0.29, 0.717) is 11.5 Å². The molecule has 0 saturated heterocycles. The fourth-order valence-corrected chi connectivity index (χ4v) is 2.83. The van der Waals surface area contributed by atoms with Gasteiger partial charge in [-0.3, -0.25) is 30.6 Å². The molecule has 170 valence electrons. The Morgan fingerprint density at radius 3 is 2.24 bits per heavy atom. The molecule has 0 atom stereocenters. The molecule has 0 heterocycles. The highest BCUT2D eigenvalue weighted by Crippen LogP contribution is 2.27. The molecule has 0 aromatic heterocycles. The molecule has 2 N–H and O–H groups in total. The summed E-state index contributed by atoms with van der Waals surface area (Å²) in [5, 5.41) is 11.1. The van der Waals surface area contributed by atoms with Crippen molar-refractivity contribution < 1.29 is 28.7 Å². The van der Waals surface area contributed by atoms with Crippen molar-refractivity contribution in [3.05, 3.63) is 94.0 Å². The first kappa shape index (κ1) is 23.1. The zero-order chi connectivity index (χ0) is 23.6. The van der Waals surface area contributed by atoms with E-state index < -0.39 is 16.7 Å². The van der Waals surface area contributed by atoms with Crippen LogP contribution < -0.4 is 25.1 Å². The molecule has 0 aliphatic carbocycles. The number of nitrogens with zero attached hydrogens (tertiary/aromatic N) is 1. The van der Waals surface area contributed by atoms with Crippen molar-refractivity contribution in [3.8, 4) is 17.2 Å². The number of hydrogen-bond donors (Lipinski definition) is 2. The SMILES string of the molecule is COc1ccc(C(=O)NNC(=O)c2ccccc2OCCOc2ccccc2)cc1[N+](=O)[O-]. The average Bonchev–Trinajstić information content (AvgIpc) is 2.85. The predicted octanol–water partition coefficient (Wildman–Crippen LogP) is 3.14. The van der Waals surface area contributed by atoms with E-state index in [0.717, 1.165) is 6.07 Å².